The SMILES string of the molecule is O=C=NSSN=C=O.O=P(O)(O)O. The summed E-state index contributed by atoms with van der Waals surface area (Å²) in [6.45, 7) is 0. The van der Waals surface area contributed by atoms with Crippen LogP contribution in [-0.2, 0) is 14.2 Å². The van der Waals surface area contributed by atoms with Gasteiger partial charge in [0.2, 0.25) is 12.2 Å². The Balaban J connectivity index is 0. The predicted octanol–water partition coefficient (Wildman–Crippen LogP) is -0.0592. The average Bonchev–Trinajstić information content (AvgIpc) is 1.95. The fraction of sp³-hybridized carbons (Fsp3) is 0. The second-order valence-electron chi connectivity index (χ2n) is 1.03. The number of isocyanates is 2. The van der Waals surface area contributed by atoms with Crippen LogP contribution in [-0.4, -0.2) is 26.8 Å². The molecule has 0 amide bonds. The van der Waals surface area contributed by atoms with Gasteiger partial charge in [-0.05, 0) is 0 Å². The topological polar surface area (TPSA) is 137 Å². The minimum atomic E-state index is -4.64. The van der Waals surface area contributed by atoms with Crippen LogP contribution >= 0.6 is 29.8 Å². The van der Waals surface area contributed by atoms with Crippen LogP contribution in [0.3, 0.4) is 0 Å². The Morgan fingerprint density at radius 2 is 1.23 bits per heavy atom. The molecule has 74 valence electrons. The zero-order chi connectivity index (χ0) is 10.7. The van der Waals surface area contributed by atoms with E-state index < -0.39 is 7.82 Å². The zero-order valence-corrected chi connectivity index (χ0v) is 8.25. The lowest BCUT2D eigenvalue weighted by molar-refractivity contribution is 0.275. The van der Waals surface area contributed by atoms with E-state index >= 15 is 0 Å². The van der Waals surface area contributed by atoms with Crippen LogP contribution in [0.25, 0.3) is 0 Å². The molecule has 0 aliphatic rings. The van der Waals surface area contributed by atoms with E-state index in [4.69, 9.17) is 19.2 Å². The van der Waals surface area contributed by atoms with Crippen molar-refractivity contribution in [3.63, 3.8) is 0 Å². The van der Waals surface area contributed by atoms with E-state index in [9.17, 15) is 9.59 Å². The predicted molar refractivity (Wildman–Crippen MR) is 45.7 cm³/mol. The summed E-state index contributed by atoms with van der Waals surface area (Å²) in [5.74, 6) is 0. The van der Waals surface area contributed by atoms with Crippen molar-refractivity contribution in [3.8, 4) is 0 Å². The number of rotatable bonds is 3. The van der Waals surface area contributed by atoms with E-state index in [1.54, 1.807) is 0 Å². The number of carbonyl (C=O) groups excluding carboxylic acids is 2. The summed E-state index contributed by atoms with van der Waals surface area (Å²) in [4.78, 5) is 40.2. The summed E-state index contributed by atoms with van der Waals surface area (Å²) in [7, 11) is -3.11. The van der Waals surface area contributed by atoms with Crippen LogP contribution < -0.4 is 0 Å². The van der Waals surface area contributed by atoms with Crippen molar-refractivity contribution >= 4 is 41.9 Å². The molecule has 3 N–H and O–H groups in total. The fourth-order valence-corrected chi connectivity index (χ4v) is 0.574. The molecule has 0 saturated carbocycles. The average molecular weight is 246 g/mol. The van der Waals surface area contributed by atoms with E-state index in [0.29, 0.717) is 0 Å². The Hall–Kier alpha value is -0.430. The van der Waals surface area contributed by atoms with Crippen molar-refractivity contribution in [3.05, 3.63) is 0 Å². The van der Waals surface area contributed by atoms with Crippen LogP contribution in [0.5, 0.6) is 0 Å². The monoisotopic (exact) mass is 246 g/mol. The zero-order valence-electron chi connectivity index (χ0n) is 5.72. The van der Waals surface area contributed by atoms with Crippen molar-refractivity contribution in [1.82, 2.24) is 0 Å². The molecule has 0 aromatic carbocycles. The van der Waals surface area contributed by atoms with Gasteiger partial charge in [0.05, 0.1) is 22.0 Å². The van der Waals surface area contributed by atoms with E-state index in [1.807, 2.05) is 0 Å². The molecule has 0 bridgehead atoms. The maximum Gasteiger partial charge on any atom is 0.466 e. The molecule has 0 unspecified atom stereocenters. The molecule has 11 heteroatoms. The highest BCUT2D eigenvalue weighted by Crippen LogP contribution is 2.25. The van der Waals surface area contributed by atoms with Gasteiger partial charge in [0.1, 0.15) is 0 Å². The Morgan fingerprint density at radius 1 is 1.00 bits per heavy atom. The van der Waals surface area contributed by atoms with Gasteiger partial charge in [-0.25, -0.2) is 14.2 Å². The maximum absolute atomic E-state index is 9.30. The molecule has 0 aliphatic carbocycles. The third-order valence-corrected chi connectivity index (χ3v) is 1.19. The summed E-state index contributed by atoms with van der Waals surface area (Å²) in [5.41, 5.74) is 0. The van der Waals surface area contributed by atoms with Crippen molar-refractivity contribution in [2.24, 2.45) is 8.80 Å². The first-order valence-corrected chi connectivity index (χ1v) is 5.80. The van der Waals surface area contributed by atoms with Gasteiger partial charge in [0.25, 0.3) is 0 Å². The maximum atomic E-state index is 9.30. The molecule has 0 rings (SSSR count). The Kier molecular flexibility index (Phi) is 11.2. The molecule has 13 heavy (non-hydrogen) atoms. The molecular formula is C2H3N2O6PS2. The van der Waals surface area contributed by atoms with Gasteiger partial charge in [-0.2, -0.15) is 0 Å². The quantitative estimate of drug-likeness (QED) is 0.157. The summed E-state index contributed by atoms with van der Waals surface area (Å²) in [5, 5.41) is 0. The van der Waals surface area contributed by atoms with Gasteiger partial charge < -0.3 is 14.7 Å². The van der Waals surface area contributed by atoms with Crippen molar-refractivity contribution in [2.75, 3.05) is 0 Å². The summed E-state index contributed by atoms with van der Waals surface area (Å²) in [6.07, 6.45) is 2.51. The third-order valence-electron chi connectivity index (χ3n) is 0.182. The highest BCUT2D eigenvalue weighted by atomic mass is 33.1. The lowest BCUT2D eigenvalue weighted by Crippen LogP contribution is -1.66. The first-order chi connectivity index (χ1) is 5.91. The van der Waals surface area contributed by atoms with Crippen LogP contribution in [0.4, 0.5) is 0 Å². The molecule has 0 atom stereocenters. The van der Waals surface area contributed by atoms with Gasteiger partial charge in [0, 0.05) is 0 Å². The highest BCUT2D eigenvalue weighted by molar-refractivity contribution is 8.75. The molecule has 0 radical (unpaired) electrons. The van der Waals surface area contributed by atoms with Crippen LogP contribution in [0.2, 0.25) is 0 Å². The molecule has 8 nitrogen and oxygen atoms in total. The first-order valence-electron chi connectivity index (χ1n) is 2.17. The Labute approximate surface area is 80.1 Å². The molecule has 0 aliphatic heterocycles. The second-order valence-corrected chi connectivity index (χ2v) is 3.61. The lowest BCUT2D eigenvalue weighted by Gasteiger charge is -1.82. The molecule has 0 heterocycles. The van der Waals surface area contributed by atoms with Gasteiger partial charge in [0.15, 0.2) is 0 Å². The Bertz CT molecular complexity index is 238. The number of nitrogens with zero attached hydrogens (tertiary/aromatic N) is 2. The van der Waals surface area contributed by atoms with E-state index in [0.717, 1.165) is 22.0 Å². The molecule has 0 fully saturated rings. The van der Waals surface area contributed by atoms with E-state index in [-0.39, 0.29) is 0 Å². The van der Waals surface area contributed by atoms with E-state index in [1.165, 1.54) is 12.2 Å². The summed E-state index contributed by atoms with van der Waals surface area (Å²) in [6, 6.07) is 0. The normalized spacial score (nSPS) is 8.54. The molecule has 0 aromatic heterocycles. The minimum absolute atomic E-state index is 0.767. The smallest absolute Gasteiger partial charge is 0.303 e. The molecule has 0 spiro atoms. The van der Waals surface area contributed by atoms with Crippen molar-refractivity contribution in [1.29, 1.82) is 0 Å². The first kappa shape index (κ1) is 15.1. The molecular weight excluding hydrogens is 243 g/mol. The van der Waals surface area contributed by atoms with Crippen LogP contribution in [0, 0.1) is 0 Å². The highest BCUT2D eigenvalue weighted by Gasteiger charge is 2.00. The van der Waals surface area contributed by atoms with Gasteiger partial charge in [-0.15, -0.1) is 8.80 Å². The molecule has 0 aromatic rings. The van der Waals surface area contributed by atoms with Crippen LogP contribution in [0.15, 0.2) is 8.80 Å². The van der Waals surface area contributed by atoms with Crippen LogP contribution in [0.1, 0.15) is 0 Å². The Morgan fingerprint density at radius 3 is 1.38 bits per heavy atom. The second kappa shape index (κ2) is 9.66. The fourth-order valence-electron chi connectivity index (χ4n) is 0.0638. The lowest BCUT2D eigenvalue weighted by atomic mass is 11.7. The number of hydrogen-bond donors (Lipinski definition) is 3. The standard InChI is InChI=1S/C2N2O2S2.H3O4P/c5-1-3-7-8-4-2-6;1-5(2,3)4/h;(H3,1,2,3,4). The minimum Gasteiger partial charge on any atom is -0.303 e. The van der Waals surface area contributed by atoms with Crippen molar-refractivity contribution in [2.45, 2.75) is 0 Å². The van der Waals surface area contributed by atoms with Gasteiger partial charge in [-0.1, -0.05) is 0 Å². The van der Waals surface area contributed by atoms with Crippen molar-refractivity contribution < 1.29 is 28.8 Å². The largest absolute Gasteiger partial charge is 0.466 e. The van der Waals surface area contributed by atoms with Gasteiger partial charge >= 0.3 is 7.82 Å². The third kappa shape index (κ3) is 50.7. The van der Waals surface area contributed by atoms with Gasteiger partial charge in [-0.3, -0.25) is 0 Å². The van der Waals surface area contributed by atoms with E-state index in [2.05, 4.69) is 8.80 Å². The number of phosphoric acid groups is 1. The molecule has 0 saturated heterocycles. The summed E-state index contributed by atoms with van der Waals surface area (Å²) < 4.78 is 14.9. The summed E-state index contributed by atoms with van der Waals surface area (Å²) >= 11 is 0. The number of hydrogen-bond acceptors (Lipinski definition) is 7.